The van der Waals surface area contributed by atoms with Gasteiger partial charge >= 0.3 is 0 Å². The van der Waals surface area contributed by atoms with E-state index in [9.17, 15) is 0 Å². The van der Waals surface area contributed by atoms with Crippen LogP contribution in [0.5, 0.6) is 0 Å². The van der Waals surface area contributed by atoms with Crippen LogP contribution in [-0.4, -0.2) is 21.0 Å². The molecule has 0 aliphatic heterocycles. The van der Waals surface area contributed by atoms with Crippen molar-refractivity contribution in [3.05, 3.63) is 36.2 Å². The molecule has 3 aromatic rings. The van der Waals surface area contributed by atoms with E-state index < -0.39 is 0 Å². The van der Waals surface area contributed by atoms with Crippen LogP contribution in [0.4, 0.5) is 16.6 Å². The van der Waals surface area contributed by atoms with Gasteiger partial charge in [-0.15, -0.1) is 0 Å². The molecule has 3 aromatic heterocycles. The molecule has 0 atom stereocenters. The lowest BCUT2D eigenvalue weighted by Crippen LogP contribution is -2.34. The lowest BCUT2D eigenvalue weighted by Gasteiger charge is -2.36. The number of aromatic nitrogens is 3. The number of thiazole rings is 1. The van der Waals surface area contributed by atoms with Crippen molar-refractivity contribution in [1.82, 2.24) is 15.0 Å². The highest BCUT2D eigenvalue weighted by molar-refractivity contribution is 7.22. The van der Waals surface area contributed by atoms with Crippen LogP contribution < -0.4 is 16.8 Å². The molecule has 7 heteroatoms. The second-order valence-electron chi connectivity index (χ2n) is 5.55. The molecule has 4 rings (SSSR count). The van der Waals surface area contributed by atoms with Crippen LogP contribution in [0.1, 0.15) is 24.3 Å². The molecule has 1 aliphatic rings. The second kappa shape index (κ2) is 5.10. The van der Waals surface area contributed by atoms with Gasteiger partial charge in [-0.3, -0.25) is 0 Å². The summed E-state index contributed by atoms with van der Waals surface area (Å²) in [5, 5.41) is 4.41. The molecule has 5 N–H and O–H groups in total. The van der Waals surface area contributed by atoms with E-state index >= 15 is 0 Å². The quantitative estimate of drug-likeness (QED) is 0.687. The van der Waals surface area contributed by atoms with Gasteiger partial charge in [0.2, 0.25) is 0 Å². The van der Waals surface area contributed by atoms with E-state index in [0.29, 0.717) is 23.5 Å². The molecule has 1 aliphatic carbocycles. The number of anilines is 3. The van der Waals surface area contributed by atoms with Gasteiger partial charge in [-0.05, 0) is 42.5 Å². The third-order valence-corrected chi connectivity index (χ3v) is 5.07. The summed E-state index contributed by atoms with van der Waals surface area (Å²) in [6, 6.07) is 6.35. The summed E-state index contributed by atoms with van der Waals surface area (Å²) in [5.41, 5.74) is 14.3. The summed E-state index contributed by atoms with van der Waals surface area (Å²) in [5.74, 6) is 0.862. The van der Waals surface area contributed by atoms with Gasteiger partial charge < -0.3 is 16.8 Å². The topological polar surface area (TPSA) is 103 Å². The maximum absolute atomic E-state index is 6.02. The second-order valence-corrected chi connectivity index (χ2v) is 6.58. The minimum absolute atomic E-state index is 0.416. The maximum atomic E-state index is 6.02. The third-order valence-electron chi connectivity index (χ3n) is 4.13. The first-order chi connectivity index (χ1) is 10.7. The van der Waals surface area contributed by atoms with Crippen LogP contribution in [0.25, 0.3) is 10.3 Å². The number of nitrogens with two attached hydrogens (primary N) is 2. The molecule has 112 valence electrons. The van der Waals surface area contributed by atoms with Crippen molar-refractivity contribution in [2.45, 2.75) is 24.8 Å². The first kappa shape index (κ1) is 13.3. The maximum Gasteiger partial charge on any atom is 0.185 e. The molecule has 0 saturated heterocycles. The standard InChI is InChI=1S/C15H16N6S/c16-12-10(3-5-18-13(12)17)8-6-9(7-8)20-15-21-14-11(22-15)2-1-4-19-14/h1-5,8-9H,6-7,16H2,(H2,17,18)(H,19,20,21). The lowest BCUT2D eigenvalue weighted by atomic mass is 9.75. The van der Waals surface area contributed by atoms with Crippen molar-refractivity contribution in [2.24, 2.45) is 0 Å². The van der Waals surface area contributed by atoms with Gasteiger partial charge in [0, 0.05) is 18.4 Å². The smallest absolute Gasteiger partial charge is 0.185 e. The van der Waals surface area contributed by atoms with E-state index in [0.717, 1.165) is 33.9 Å². The van der Waals surface area contributed by atoms with Gasteiger partial charge in [0.05, 0.1) is 10.4 Å². The fourth-order valence-corrected chi connectivity index (χ4v) is 3.76. The van der Waals surface area contributed by atoms with Crippen LogP contribution in [0, 0.1) is 0 Å². The van der Waals surface area contributed by atoms with E-state index in [1.807, 2.05) is 18.2 Å². The van der Waals surface area contributed by atoms with Gasteiger partial charge in [0.1, 0.15) is 5.82 Å². The SMILES string of the molecule is Nc1nccc(C2CC(Nc3nc4ncccc4s3)C2)c1N. The van der Waals surface area contributed by atoms with Gasteiger partial charge in [0.25, 0.3) is 0 Å². The minimum Gasteiger partial charge on any atom is -0.396 e. The average molecular weight is 312 g/mol. The monoisotopic (exact) mass is 312 g/mol. The molecular formula is C15H16N6S. The normalized spacial score (nSPS) is 20.7. The first-order valence-corrected chi connectivity index (χ1v) is 8.00. The zero-order valence-corrected chi connectivity index (χ0v) is 12.7. The van der Waals surface area contributed by atoms with Crippen molar-refractivity contribution in [3.63, 3.8) is 0 Å². The molecule has 0 bridgehead atoms. The lowest BCUT2D eigenvalue weighted by molar-refractivity contribution is 0.375. The van der Waals surface area contributed by atoms with E-state index in [-0.39, 0.29) is 0 Å². The fourth-order valence-electron chi connectivity index (χ4n) is 2.86. The summed E-state index contributed by atoms with van der Waals surface area (Å²) < 4.78 is 1.10. The summed E-state index contributed by atoms with van der Waals surface area (Å²) >= 11 is 1.64. The average Bonchev–Trinajstić information content (AvgIpc) is 2.88. The van der Waals surface area contributed by atoms with Crippen LogP contribution in [0.15, 0.2) is 30.6 Å². The van der Waals surface area contributed by atoms with E-state index in [4.69, 9.17) is 11.5 Å². The Morgan fingerprint density at radius 1 is 1.14 bits per heavy atom. The first-order valence-electron chi connectivity index (χ1n) is 7.18. The van der Waals surface area contributed by atoms with Gasteiger partial charge in [-0.1, -0.05) is 11.3 Å². The number of hydrogen-bond donors (Lipinski definition) is 3. The Hall–Kier alpha value is -2.41. The summed E-state index contributed by atoms with van der Waals surface area (Å²) in [7, 11) is 0. The molecule has 22 heavy (non-hydrogen) atoms. The highest BCUT2D eigenvalue weighted by Gasteiger charge is 2.32. The Morgan fingerprint density at radius 2 is 2.00 bits per heavy atom. The van der Waals surface area contributed by atoms with Crippen molar-refractivity contribution >= 4 is 38.3 Å². The highest BCUT2D eigenvalue weighted by Crippen LogP contribution is 2.42. The zero-order chi connectivity index (χ0) is 15.1. The number of hydrogen-bond acceptors (Lipinski definition) is 7. The number of pyridine rings is 2. The third kappa shape index (κ3) is 2.23. The molecule has 0 spiro atoms. The molecule has 6 nitrogen and oxygen atoms in total. The van der Waals surface area contributed by atoms with Crippen molar-refractivity contribution < 1.29 is 0 Å². The number of nitrogens with zero attached hydrogens (tertiary/aromatic N) is 3. The van der Waals surface area contributed by atoms with Crippen LogP contribution in [0.3, 0.4) is 0 Å². The van der Waals surface area contributed by atoms with Crippen LogP contribution in [-0.2, 0) is 0 Å². The Labute approximate surface area is 131 Å². The number of nitrogens with one attached hydrogen (secondary N) is 1. The Balaban J connectivity index is 1.44. The Kier molecular flexibility index (Phi) is 3.07. The number of fused-ring (bicyclic) bond motifs is 1. The summed E-state index contributed by atoms with van der Waals surface area (Å²) in [6.07, 6.45) is 5.54. The molecule has 0 aromatic carbocycles. The molecule has 0 radical (unpaired) electrons. The van der Waals surface area contributed by atoms with E-state index in [1.54, 1.807) is 23.7 Å². The molecule has 1 fully saturated rings. The molecule has 0 unspecified atom stereocenters. The van der Waals surface area contributed by atoms with E-state index in [1.165, 1.54) is 0 Å². The zero-order valence-electron chi connectivity index (χ0n) is 11.9. The summed E-state index contributed by atoms with van der Waals surface area (Å²) in [4.78, 5) is 12.8. The molecular weight excluding hydrogens is 296 g/mol. The summed E-state index contributed by atoms with van der Waals surface area (Å²) in [6.45, 7) is 0. The van der Waals surface area contributed by atoms with Crippen LogP contribution in [0.2, 0.25) is 0 Å². The fraction of sp³-hybridized carbons (Fsp3) is 0.267. The largest absolute Gasteiger partial charge is 0.396 e. The minimum atomic E-state index is 0.416. The molecule has 0 amide bonds. The van der Waals surface area contributed by atoms with Gasteiger partial charge in [-0.25, -0.2) is 15.0 Å². The van der Waals surface area contributed by atoms with Crippen molar-refractivity contribution in [1.29, 1.82) is 0 Å². The number of rotatable bonds is 3. The Morgan fingerprint density at radius 3 is 2.82 bits per heavy atom. The number of nitrogen functional groups attached to an aromatic ring is 2. The van der Waals surface area contributed by atoms with Crippen molar-refractivity contribution in [3.8, 4) is 0 Å². The van der Waals surface area contributed by atoms with Crippen LogP contribution >= 0.6 is 11.3 Å². The van der Waals surface area contributed by atoms with Crippen molar-refractivity contribution in [2.75, 3.05) is 16.8 Å². The van der Waals surface area contributed by atoms with E-state index in [2.05, 4.69) is 20.3 Å². The molecule has 1 saturated carbocycles. The van der Waals surface area contributed by atoms with Gasteiger partial charge in [-0.2, -0.15) is 0 Å². The predicted octanol–water partition coefficient (Wildman–Crippen LogP) is 2.61. The molecule has 3 heterocycles. The predicted molar refractivity (Wildman–Crippen MR) is 89.9 cm³/mol. The highest BCUT2D eigenvalue weighted by atomic mass is 32.1. The Bertz CT molecular complexity index is 791. The van der Waals surface area contributed by atoms with Gasteiger partial charge in [0.15, 0.2) is 10.8 Å².